The molecule has 0 bridgehead atoms. The zero-order valence-electron chi connectivity index (χ0n) is 15.3. The largest absolute Gasteiger partial charge is 0.463 e. The second-order valence-electron chi connectivity index (χ2n) is 5.95. The third kappa shape index (κ3) is 4.70. The van der Waals surface area contributed by atoms with Crippen molar-refractivity contribution < 1.29 is 14.3 Å². The Balaban J connectivity index is 1.64. The van der Waals surface area contributed by atoms with Gasteiger partial charge >= 0.3 is 5.97 Å². The Morgan fingerprint density at radius 1 is 1.14 bits per heavy atom. The van der Waals surface area contributed by atoms with Gasteiger partial charge in [-0.2, -0.15) is 0 Å². The number of nitrogens with zero attached hydrogens (tertiary/aromatic N) is 2. The van der Waals surface area contributed by atoms with Gasteiger partial charge in [0.05, 0.1) is 23.8 Å². The van der Waals surface area contributed by atoms with Crippen LogP contribution in [-0.4, -0.2) is 28.0 Å². The number of fused-ring (bicyclic) bond motifs is 1. The highest BCUT2D eigenvalue weighted by molar-refractivity contribution is 5.91. The molecule has 1 heterocycles. The molecule has 1 N–H and O–H groups in total. The number of nitrogens with one attached hydrogen (secondary N) is 1. The van der Waals surface area contributed by atoms with Crippen LogP contribution in [0.25, 0.3) is 17.0 Å². The van der Waals surface area contributed by atoms with Gasteiger partial charge in [-0.25, -0.2) is 9.78 Å². The first-order valence-corrected chi connectivity index (χ1v) is 8.76. The predicted octanol–water partition coefficient (Wildman–Crippen LogP) is 2.61. The van der Waals surface area contributed by atoms with Gasteiger partial charge in [-0.15, -0.1) is 0 Å². The molecule has 0 spiro atoms. The minimum atomic E-state index is -0.408. The lowest BCUT2D eigenvalue weighted by Gasteiger charge is -2.08. The Kier molecular flexibility index (Phi) is 5.96. The van der Waals surface area contributed by atoms with E-state index in [4.69, 9.17) is 4.74 Å². The van der Waals surface area contributed by atoms with Gasteiger partial charge in [-0.3, -0.25) is 14.2 Å². The van der Waals surface area contributed by atoms with Gasteiger partial charge in [-0.1, -0.05) is 24.3 Å². The van der Waals surface area contributed by atoms with Crippen molar-refractivity contribution in [3.63, 3.8) is 0 Å². The summed E-state index contributed by atoms with van der Waals surface area (Å²) in [4.78, 5) is 40.2. The monoisotopic (exact) mass is 377 g/mol. The van der Waals surface area contributed by atoms with Crippen LogP contribution < -0.4 is 10.9 Å². The lowest BCUT2D eigenvalue weighted by molar-refractivity contribution is -0.137. The van der Waals surface area contributed by atoms with Crippen molar-refractivity contribution in [1.29, 1.82) is 0 Å². The molecule has 0 saturated carbocycles. The maximum absolute atomic E-state index is 12.4. The maximum Gasteiger partial charge on any atom is 0.330 e. The number of rotatable bonds is 6. The van der Waals surface area contributed by atoms with E-state index in [0.29, 0.717) is 23.2 Å². The Morgan fingerprint density at radius 3 is 2.64 bits per heavy atom. The van der Waals surface area contributed by atoms with E-state index in [1.54, 1.807) is 61.5 Å². The molecule has 0 aliphatic heterocycles. The molecule has 28 heavy (non-hydrogen) atoms. The van der Waals surface area contributed by atoms with Crippen LogP contribution in [0, 0.1) is 0 Å². The number of anilines is 1. The number of ether oxygens (including phenoxy) is 1. The Bertz CT molecular complexity index is 1080. The van der Waals surface area contributed by atoms with Gasteiger partial charge in [0.1, 0.15) is 6.54 Å². The van der Waals surface area contributed by atoms with Crippen LogP contribution in [0.5, 0.6) is 0 Å². The molecule has 0 atom stereocenters. The highest BCUT2D eigenvalue weighted by atomic mass is 16.5. The van der Waals surface area contributed by atoms with Crippen LogP contribution in [0.1, 0.15) is 12.5 Å². The van der Waals surface area contributed by atoms with E-state index in [0.717, 1.165) is 5.56 Å². The molecule has 0 fully saturated rings. The number of para-hydroxylation sites is 1. The smallest absolute Gasteiger partial charge is 0.330 e. The number of benzene rings is 2. The first kappa shape index (κ1) is 19.0. The first-order valence-electron chi connectivity index (χ1n) is 8.76. The number of hydrogen-bond donors (Lipinski definition) is 1. The molecule has 0 radical (unpaired) electrons. The van der Waals surface area contributed by atoms with E-state index in [2.05, 4.69) is 10.3 Å². The van der Waals surface area contributed by atoms with Crippen LogP contribution in [0.3, 0.4) is 0 Å². The van der Waals surface area contributed by atoms with Crippen molar-refractivity contribution in [2.45, 2.75) is 13.5 Å². The van der Waals surface area contributed by atoms with Crippen LogP contribution in [0.15, 0.2) is 65.7 Å². The fourth-order valence-corrected chi connectivity index (χ4v) is 2.61. The highest BCUT2D eigenvalue weighted by Crippen LogP contribution is 2.11. The molecule has 0 saturated heterocycles. The first-order chi connectivity index (χ1) is 13.6. The number of carbonyl (C=O) groups excluding carboxylic acids is 2. The molecule has 7 heteroatoms. The van der Waals surface area contributed by atoms with Gasteiger partial charge in [0.25, 0.3) is 5.56 Å². The maximum atomic E-state index is 12.4. The Morgan fingerprint density at radius 2 is 1.89 bits per heavy atom. The molecule has 0 unspecified atom stereocenters. The zero-order chi connectivity index (χ0) is 19.9. The van der Waals surface area contributed by atoms with Crippen molar-refractivity contribution in [3.05, 3.63) is 76.9 Å². The Hall–Kier alpha value is -3.74. The predicted molar refractivity (Wildman–Crippen MR) is 107 cm³/mol. The molecule has 0 aliphatic rings. The van der Waals surface area contributed by atoms with Crippen LogP contribution in [0.2, 0.25) is 0 Å². The third-order valence-corrected chi connectivity index (χ3v) is 3.94. The number of aromatic nitrogens is 2. The van der Waals surface area contributed by atoms with Crippen LogP contribution >= 0.6 is 0 Å². The van der Waals surface area contributed by atoms with Gasteiger partial charge in [-0.05, 0) is 42.8 Å². The number of esters is 1. The standard InChI is InChI=1S/C21H19N3O4/c1-2-28-20(26)12-9-15-7-10-16(11-8-15)23-19(25)13-24-14-22-18-6-4-3-5-17(18)21(24)27/h3-12,14H,2,13H2,1H3,(H,23,25)/b12-9+. The molecule has 2 aromatic carbocycles. The van der Waals surface area contributed by atoms with E-state index in [-0.39, 0.29) is 18.0 Å². The van der Waals surface area contributed by atoms with Crippen molar-refractivity contribution in [1.82, 2.24) is 9.55 Å². The van der Waals surface area contributed by atoms with Gasteiger partial charge in [0.2, 0.25) is 5.91 Å². The molecule has 3 aromatic rings. The van der Waals surface area contributed by atoms with Crippen molar-refractivity contribution in [2.75, 3.05) is 11.9 Å². The summed E-state index contributed by atoms with van der Waals surface area (Å²) < 4.78 is 6.09. The summed E-state index contributed by atoms with van der Waals surface area (Å²) in [6.07, 6.45) is 4.34. The zero-order valence-corrected chi connectivity index (χ0v) is 15.3. The van der Waals surface area contributed by atoms with Crippen molar-refractivity contribution >= 4 is 34.5 Å². The molecule has 3 rings (SSSR count). The average molecular weight is 377 g/mol. The fourth-order valence-electron chi connectivity index (χ4n) is 2.61. The quantitative estimate of drug-likeness (QED) is 0.527. The minimum absolute atomic E-state index is 0.138. The minimum Gasteiger partial charge on any atom is -0.463 e. The van der Waals surface area contributed by atoms with E-state index in [1.807, 2.05) is 0 Å². The van der Waals surface area contributed by atoms with E-state index in [1.165, 1.54) is 17.0 Å². The van der Waals surface area contributed by atoms with Gasteiger partial charge in [0, 0.05) is 11.8 Å². The molecule has 1 amide bonds. The van der Waals surface area contributed by atoms with Gasteiger partial charge < -0.3 is 10.1 Å². The SMILES string of the molecule is CCOC(=O)/C=C/c1ccc(NC(=O)Cn2cnc3ccccc3c2=O)cc1. The summed E-state index contributed by atoms with van der Waals surface area (Å²) in [7, 11) is 0. The molecule has 0 aliphatic carbocycles. The molecule has 1 aromatic heterocycles. The van der Waals surface area contributed by atoms with E-state index in [9.17, 15) is 14.4 Å². The fraction of sp³-hybridized carbons (Fsp3) is 0.143. The molecular formula is C21H19N3O4. The van der Waals surface area contributed by atoms with Gasteiger partial charge in [0.15, 0.2) is 0 Å². The summed E-state index contributed by atoms with van der Waals surface area (Å²) in [5.74, 6) is -0.747. The molecular weight excluding hydrogens is 358 g/mol. The summed E-state index contributed by atoms with van der Waals surface area (Å²) in [6, 6.07) is 13.9. The second-order valence-corrected chi connectivity index (χ2v) is 5.95. The van der Waals surface area contributed by atoms with E-state index >= 15 is 0 Å². The highest BCUT2D eigenvalue weighted by Gasteiger charge is 2.08. The van der Waals surface area contributed by atoms with Crippen molar-refractivity contribution in [2.24, 2.45) is 0 Å². The Labute approximate surface area is 161 Å². The van der Waals surface area contributed by atoms with Crippen LogP contribution in [-0.2, 0) is 20.9 Å². The third-order valence-electron chi connectivity index (χ3n) is 3.94. The number of carbonyl (C=O) groups is 2. The lowest BCUT2D eigenvalue weighted by Crippen LogP contribution is -2.27. The number of amides is 1. The number of hydrogen-bond acceptors (Lipinski definition) is 5. The average Bonchev–Trinajstić information content (AvgIpc) is 2.70. The summed E-state index contributed by atoms with van der Waals surface area (Å²) in [6.45, 7) is 1.93. The molecule has 142 valence electrons. The van der Waals surface area contributed by atoms with E-state index < -0.39 is 5.97 Å². The topological polar surface area (TPSA) is 90.3 Å². The summed E-state index contributed by atoms with van der Waals surface area (Å²) >= 11 is 0. The lowest BCUT2D eigenvalue weighted by atomic mass is 10.2. The summed E-state index contributed by atoms with van der Waals surface area (Å²) in [5.41, 5.74) is 1.71. The normalized spacial score (nSPS) is 10.9. The van der Waals surface area contributed by atoms with Crippen molar-refractivity contribution in [3.8, 4) is 0 Å². The summed E-state index contributed by atoms with van der Waals surface area (Å²) in [5, 5.41) is 3.20. The second kappa shape index (κ2) is 8.77. The van der Waals surface area contributed by atoms with Crippen LogP contribution in [0.4, 0.5) is 5.69 Å². The molecule has 7 nitrogen and oxygen atoms in total.